The van der Waals surface area contributed by atoms with Gasteiger partial charge < -0.3 is 9.84 Å². The van der Waals surface area contributed by atoms with E-state index in [-0.39, 0.29) is 30.4 Å². The van der Waals surface area contributed by atoms with E-state index in [0.717, 1.165) is 0 Å². The maximum absolute atomic E-state index is 12.5. The lowest BCUT2D eigenvalue weighted by atomic mass is 10.1. The number of hydrogen-bond acceptors (Lipinski definition) is 5. The van der Waals surface area contributed by atoms with Gasteiger partial charge in [-0.05, 0) is 34.6 Å². The average molecular weight is 308 g/mol. The molecule has 0 saturated carbocycles. The van der Waals surface area contributed by atoms with Gasteiger partial charge in [-0.3, -0.25) is 9.36 Å². The van der Waals surface area contributed by atoms with Crippen LogP contribution in [0, 0.1) is 0 Å². The second-order valence-corrected chi connectivity index (χ2v) is 6.70. The van der Waals surface area contributed by atoms with Crippen molar-refractivity contribution in [3.8, 4) is 0 Å². The number of aromatic nitrogens is 4. The summed E-state index contributed by atoms with van der Waals surface area (Å²) in [5, 5.41) is 14.7. The van der Waals surface area contributed by atoms with E-state index in [9.17, 15) is 9.90 Å². The first kappa shape index (κ1) is 16.6. The van der Waals surface area contributed by atoms with Gasteiger partial charge in [-0.2, -0.15) is 5.10 Å². The Kier molecular flexibility index (Phi) is 4.67. The van der Waals surface area contributed by atoms with E-state index >= 15 is 0 Å². The molecular weight excluding hydrogens is 284 g/mol. The smallest absolute Gasteiger partial charge is 0.264 e. The second-order valence-electron chi connectivity index (χ2n) is 6.70. The van der Waals surface area contributed by atoms with Gasteiger partial charge in [0.25, 0.3) is 5.56 Å². The van der Waals surface area contributed by atoms with Crippen LogP contribution in [0.25, 0.3) is 11.0 Å². The van der Waals surface area contributed by atoms with Gasteiger partial charge in [0, 0.05) is 0 Å². The van der Waals surface area contributed by atoms with Gasteiger partial charge in [0.2, 0.25) is 0 Å². The van der Waals surface area contributed by atoms with Crippen molar-refractivity contribution in [1.29, 1.82) is 0 Å². The number of nitrogens with zero attached hydrogens (tertiary/aromatic N) is 4. The number of fused-ring (bicyclic) bond motifs is 1. The van der Waals surface area contributed by atoms with E-state index in [1.807, 2.05) is 34.6 Å². The molecule has 2 aromatic rings. The Morgan fingerprint density at radius 3 is 2.64 bits per heavy atom. The zero-order chi connectivity index (χ0) is 16.5. The van der Waals surface area contributed by atoms with Crippen molar-refractivity contribution in [2.75, 3.05) is 6.61 Å². The van der Waals surface area contributed by atoms with Crippen molar-refractivity contribution in [3.63, 3.8) is 0 Å². The Bertz CT molecular complexity index is 697. The molecule has 0 bridgehead atoms. The van der Waals surface area contributed by atoms with Crippen molar-refractivity contribution in [3.05, 3.63) is 22.9 Å². The Hall–Kier alpha value is -1.73. The molecule has 2 heterocycles. The number of ether oxygens (including phenoxy) is 1. The number of aliphatic hydroxyl groups excluding tert-OH is 1. The SMILES string of the molecule is CC(C)OCC(O)Cn1cnc2c(cnn2C(C)(C)C)c1=O. The topological polar surface area (TPSA) is 82.2 Å². The first-order valence-corrected chi connectivity index (χ1v) is 7.43. The molecule has 2 rings (SSSR count). The van der Waals surface area contributed by atoms with Crippen molar-refractivity contribution in [2.24, 2.45) is 0 Å². The molecule has 0 spiro atoms. The molecule has 0 saturated heterocycles. The van der Waals surface area contributed by atoms with Crippen LogP contribution >= 0.6 is 0 Å². The van der Waals surface area contributed by atoms with Crippen LogP contribution in [-0.2, 0) is 16.8 Å². The van der Waals surface area contributed by atoms with Crippen LogP contribution < -0.4 is 5.56 Å². The van der Waals surface area contributed by atoms with Gasteiger partial charge in [0.05, 0.1) is 37.1 Å². The minimum absolute atomic E-state index is 0.0389. The van der Waals surface area contributed by atoms with Crippen LogP contribution in [0.2, 0.25) is 0 Å². The number of rotatable bonds is 5. The lowest BCUT2D eigenvalue weighted by molar-refractivity contribution is -0.00111. The Morgan fingerprint density at radius 1 is 1.36 bits per heavy atom. The third-order valence-corrected chi connectivity index (χ3v) is 3.22. The Labute approximate surface area is 129 Å². The summed E-state index contributed by atoms with van der Waals surface area (Å²) in [6, 6.07) is 0. The first-order valence-electron chi connectivity index (χ1n) is 7.43. The van der Waals surface area contributed by atoms with Gasteiger partial charge in [-0.25, -0.2) is 9.67 Å². The van der Waals surface area contributed by atoms with Crippen LogP contribution in [0.5, 0.6) is 0 Å². The molecule has 0 aliphatic carbocycles. The summed E-state index contributed by atoms with van der Waals surface area (Å²) in [5.41, 5.74) is 0.101. The fraction of sp³-hybridized carbons (Fsp3) is 0.667. The highest BCUT2D eigenvalue weighted by molar-refractivity contribution is 5.73. The quantitative estimate of drug-likeness (QED) is 0.895. The molecule has 0 aliphatic heterocycles. The zero-order valence-electron chi connectivity index (χ0n) is 13.8. The molecule has 122 valence electrons. The average Bonchev–Trinajstić information content (AvgIpc) is 2.84. The zero-order valence-corrected chi connectivity index (χ0v) is 13.8. The fourth-order valence-electron chi connectivity index (χ4n) is 2.15. The third kappa shape index (κ3) is 3.53. The fourth-order valence-corrected chi connectivity index (χ4v) is 2.15. The van der Waals surface area contributed by atoms with E-state index in [1.54, 1.807) is 4.68 Å². The van der Waals surface area contributed by atoms with Crippen molar-refractivity contribution < 1.29 is 9.84 Å². The molecule has 0 fully saturated rings. The Balaban J connectivity index is 2.27. The summed E-state index contributed by atoms with van der Waals surface area (Å²) in [6.07, 6.45) is 2.27. The summed E-state index contributed by atoms with van der Waals surface area (Å²) < 4.78 is 8.47. The van der Waals surface area contributed by atoms with E-state index < -0.39 is 6.10 Å². The molecule has 22 heavy (non-hydrogen) atoms. The summed E-state index contributed by atoms with van der Waals surface area (Å²) in [6.45, 7) is 10.1. The molecule has 1 unspecified atom stereocenters. The van der Waals surface area contributed by atoms with Crippen LogP contribution in [0.1, 0.15) is 34.6 Å². The van der Waals surface area contributed by atoms with E-state index in [1.165, 1.54) is 17.1 Å². The molecule has 0 radical (unpaired) electrons. The lowest BCUT2D eigenvalue weighted by Gasteiger charge is -2.19. The highest BCUT2D eigenvalue weighted by Crippen LogP contribution is 2.17. The van der Waals surface area contributed by atoms with Gasteiger partial charge in [0.1, 0.15) is 11.7 Å². The molecule has 2 aromatic heterocycles. The molecule has 0 aromatic carbocycles. The highest BCUT2D eigenvalue weighted by Gasteiger charge is 2.20. The molecule has 1 N–H and O–H groups in total. The summed E-state index contributed by atoms with van der Waals surface area (Å²) in [5.74, 6) is 0. The minimum Gasteiger partial charge on any atom is -0.389 e. The number of aliphatic hydroxyl groups is 1. The van der Waals surface area contributed by atoms with Crippen LogP contribution in [-0.4, -0.2) is 43.3 Å². The molecule has 7 nitrogen and oxygen atoms in total. The molecule has 7 heteroatoms. The summed E-state index contributed by atoms with van der Waals surface area (Å²) in [7, 11) is 0. The number of hydrogen-bond donors (Lipinski definition) is 1. The van der Waals surface area contributed by atoms with E-state index in [4.69, 9.17) is 4.74 Å². The van der Waals surface area contributed by atoms with Crippen LogP contribution in [0.3, 0.4) is 0 Å². The molecule has 0 aliphatic rings. The predicted molar refractivity (Wildman–Crippen MR) is 83.9 cm³/mol. The van der Waals surface area contributed by atoms with Gasteiger partial charge >= 0.3 is 0 Å². The van der Waals surface area contributed by atoms with E-state index in [2.05, 4.69) is 10.1 Å². The molecular formula is C15H24N4O3. The second kappa shape index (κ2) is 6.18. The minimum atomic E-state index is -0.753. The van der Waals surface area contributed by atoms with Crippen LogP contribution in [0.4, 0.5) is 0 Å². The van der Waals surface area contributed by atoms with Gasteiger partial charge in [-0.1, -0.05) is 0 Å². The first-order chi connectivity index (χ1) is 10.2. The highest BCUT2D eigenvalue weighted by atomic mass is 16.5. The van der Waals surface area contributed by atoms with Crippen molar-refractivity contribution >= 4 is 11.0 Å². The maximum Gasteiger partial charge on any atom is 0.264 e. The molecule has 1 atom stereocenters. The molecule has 0 amide bonds. The van der Waals surface area contributed by atoms with Crippen molar-refractivity contribution in [1.82, 2.24) is 19.3 Å². The normalized spacial score (nSPS) is 14.0. The van der Waals surface area contributed by atoms with Crippen molar-refractivity contribution in [2.45, 2.75) is 58.9 Å². The largest absolute Gasteiger partial charge is 0.389 e. The summed E-state index contributed by atoms with van der Waals surface area (Å²) in [4.78, 5) is 16.8. The summed E-state index contributed by atoms with van der Waals surface area (Å²) >= 11 is 0. The Morgan fingerprint density at radius 2 is 2.05 bits per heavy atom. The standard InChI is InChI=1S/C15H24N4O3/c1-10(2)22-8-11(20)7-18-9-16-13-12(14(18)21)6-17-19(13)15(3,4)5/h6,9-11,20H,7-8H2,1-5H3. The van der Waals surface area contributed by atoms with Gasteiger partial charge in [-0.15, -0.1) is 0 Å². The monoisotopic (exact) mass is 308 g/mol. The van der Waals surface area contributed by atoms with E-state index in [0.29, 0.717) is 11.0 Å². The third-order valence-electron chi connectivity index (χ3n) is 3.22. The predicted octanol–water partition coefficient (Wildman–Crippen LogP) is 1.13. The lowest BCUT2D eigenvalue weighted by Crippen LogP contribution is -2.30. The van der Waals surface area contributed by atoms with Crippen LogP contribution in [0.15, 0.2) is 17.3 Å². The van der Waals surface area contributed by atoms with Gasteiger partial charge in [0.15, 0.2) is 5.65 Å². The maximum atomic E-state index is 12.5.